The van der Waals surface area contributed by atoms with Crippen LogP contribution in [-0.2, 0) is 11.3 Å². The van der Waals surface area contributed by atoms with Gasteiger partial charge in [-0.25, -0.2) is 4.79 Å². The molecule has 1 saturated carbocycles. The van der Waals surface area contributed by atoms with Crippen LogP contribution in [-0.4, -0.2) is 23.3 Å². The summed E-state index contributed by atoms with van der Waals surface area (Å²) in [5.41, 5.74) is 0.947. The van der Waals surface area contributed by atoms with Crippen LogP contribution in [0.1, 0.15) is 25.3 Å². The molecule has 2 rings (SSSR count). The number of amides is 1. The topological polar surface area (TPSA) is 58.6 Å². The van der Waals surface area contributed by atoms with Crippen molar-refractivity contribution in [1.29, 1.82) is 0 Å². The summed E-state index contributed by atoms with van der Waals surface area (Å²) in [6.07, 6.45) is 1.15. The number of aliphatic hydroxyl groups excluding tert-OH is 1. The molecule has 2 atom stereocenters. The first-order valence-electron chi connectivity index (χ1n) is 6.32. The largest absolute Gasteiger partial charge is 0.445 e. The first-order valence-corrected chi connectivity index (χ1v) is 6.32. The number of alkyl carbamates (subject to hydrolysis) is 1. The Morgan fingerprint density at radius 2 is 2.11 bits per heavy atom. The number of carbonyl (C=O) groups excluding carboxylic acids is 1. The number of ether oxygens (including phenoxy) is 1. The molecule has 0 radical (unpaired) electrons. The maximum Gasteiger partial charge on any atom is 0.407 e. The molecule has 1 fully saturated rings. The minimum atomic E-state index is -0.481. The Balaban J connectivity index is 1.71. The van der Waals surface area contributed by atoms with E-state index >= 15 is 0 Å². The SMILES string of the molecule is CC(NC(=O)OCc1ccccc1)C(O)C1CC1. The highest BCUT2D eigenvalue weighted by atomic mass is 16.5. The first-order chi connectivity index (χ1) is 8.66. The summed E-state index contributed by atoms with van der Waals surface area (Å²) in [6.45, 7) is 2.05. The van der Waals surface area contributed by atoms with Gasteiger partial charge >= 0.3 is 6.09 Å². The highest BCUT2D eigenvalue weighted by molar-refractivity contribution is 5.67. The van der Waals surface area contributed by atoms with Gasteiger partial charge in [0.15, 0.2) is 0 Å². The van der Waals surface area contributed by atoms with Gasteiger partial charge in [0.1, 0.15) is 6.61 Å². The fourth-order valence-electron chi connectivity index (χ4n) is 1.88. The molecule has 1 aliphatic rings. The number of aliphatic hydroxyl groups is 1. The Labute approximate surface area is 107 Å². The highest BCUT2D eigenvalue weighted by Crippen LogP contribution is 2.33. The zero-order valence-corrected chi connectivity index (χ0v) is 10.5. The van der Waals surface area contributed by atoms with E-state index < -0.39 is 12.2 Å². The molecule has 4 heteroatoms. The van der Waals surface area contributed by atoms with Crippen molar-refractivity contribution >= 4 is 6.09 Å². The molecular weight excluding hydrogens is 230 g/mol. The van der Waals surface area contributed by atoms with Crippen LogP contribution >= 0.6 is 0 Å². The van der Waals surface area contributed by atoms with E-state index in [0.717, 1.165) is 18.4 Å². The average molecular weight is 249 g/mol. The van der Waals surface area contributed by atoms with Gasteiger partial charge in [-0.15, -0.1) is 0 Å². The van der Waals surface area contributed by atoms with Crippen LogP contribution < -0.4 is 5.32 Å². The van der Waals surface area contributed by atoms with Crippen LogP contribution in [0.25, 0.3) is 0 Å². The lowest BCUT2D eigenvalue weighted by Crippen LogP contribution is -2.42. The van der Waals surface area contributed by atoms with E-state index in [9.17, 15) is 9.90 Å². The second kappa shape index (κ2) is 5.87. The summed E-state index contributed by atoms with van der Waals surface area (Å²) < 4.78 is 5.09. The fourth-order valence-corrected chi connectivity index (χ4v) is 1.88. The molecule has 1 aliphatic carbocycles. The van der Waals surface area contributed by atoms with Crippen LogP contribution in [0.15, 0.2) is 30.3 Å². The molecule has 0 spiro atoms. The minimum Gasteiger partial charge on any atom is -0.445 e. The molecule has 0 aliphatic heterocycles. The Morgan fingerprint density at radius 1 is 1.44 bits per heavy atom. The molecule has 1 aromatic carbocycles. The molecule has 1 aromatic rings. The van der Waals surface area contributed by atoms with Crippen molar-refractivity contribution in [1.82, 2.24) is 5.32 Å². The molecule has 0 heterocycles. The Kier molecular flexibility index (Phi) is 4.20. The third-order valence-corrected chi connectivity index (χ3v) is 3.18. The zero-order chi connectivity index (χ0) is 13.0. The van der Waals surface area contributed by atoms with Crippen LogP contribution in [0.4, 0.5) is 4.79 Å². The van der Waals surface area contributed by atoms with Gasteiger partial charge < -0.3 is 15.2 Å². The van der Waals surface area contributed by atoms with E-state index in [4.69, 9.17) is 4.74 Å². The average Bonchev–Trinajstić information content (AvgIpc) is 3.21. The molecule has 0 bridgehead atoms. The van der Waals surface area contributed by atoms with Crippen molar-refractivity contribution in [3.8, 4) is 0 Å². The molecule has 2 N–H and O–H groups in total. The number of carbonyl (C=O) groups is 1. The first kappa shape index (κ1) is 12.9. The van der Waals surface area contributed by atoms with E-state index in [1.165, 1.54) is 0 Å². The normalized spacial score (nSPS) is 17.9. The van der Waals surface area contributed by atoms with E-state index in [1.807, 2.05) is 30.3 Å². The Bertz CT molecular complexity index is 389. The third-order valence-electron chi connectivity index (χ3n) is 3.18. The second-order valence-corrected chi connectivity index (χ2v) is 4.82. The van der Waals surface area contributed by atoms with Gasteiger partial charge in [0.05, 0.1) is 12.1 Å². The lowest BCUT2D eigenvalue weighted by atomic mass is 10.1. The van der Waals surface area contributed by atoms with Gasteiger partial charge in [-0.2, -0.15) is 0 Å². The van der Waals surface area contributed by atoms with E-state index in [2.05, 4.69) is 5.32 Å². The number of hydrogen-bond donors (Lipinski definition) is 2. The number of benzene rings is 1. The lowest BCUT2D eigenvalue weighted by molar-refractivity contribution is 0.0945. The Morgan fingerprint density at radius 3 is 2.72 bits per heavy atom. The van der Waals surface area contributed by atoms with Crippen LogP contribution in [0, 0.1) is 5.92 Å². The summed E-state index contributed by atoms with van der Waals surface area (Å²) >= 11 is 0. The molecule has 0 saturated heterocycles. The molecule has 2 unspecified atom stereocenters. The third kappa shape index (κ3) is 3.74. The number of hydrogen-bond acceptors (Lipinski definition) is 3. The number of nitrogens with one attached hydrogen (secondary N) is 1. The van der Waals surface area contributed by atoms with Crippen molar-refractivity contribution in [2.75, 3.05) is 0 Å². The molecule has 1 amide bonds. The fraction of sp³-hybridized carbons (Fsp3) is 0.500. The quantitative estimate of drug-likeness (QED) is 0.840. The molecule has 4 nitrogen and oxygen atoms in total. The highest BCUT2D eigenvalue weighted by Gasteiger charge is 2.33. The standard InChI is InChI=1S/C14H19NO3/c1-10(13(16)12-7-8-12)15-14(17)18-9-11-5-3-2-4-6-11/h2-6,10,12-13,16H,7-9H2,1H3,(H,15,17). The smallest absolute Gasteiger partial charge is 0.407 e. The molecule has 18 heavy (non-hydrogen) atoms. The van der Waals surface area contributed by atoms with Gasteiger partial charge in [0.25, 0.3) is 0 Å². The molecule has 0 aromatic heterocycles. The van der Waals surface area contributed by atoms with Crippen LogP contribution in [0.3, 0.4) is 0 Å². The Hall–Kier alpha value is -1.55. The van der Waals surface area contributed by atoms with Crippen molar-refractivity contribution < 1.29 is 14.6 Å². The zero-order valence-electron chi connectivity index (χ0n) is 10.5. The lowest BCUT2D eigenvalue weighted by Gasteiger charge is -2.19. The second-order valence-electron chi connectivity index (χ2n) is 4.82. The van der Waals surface area contributed by atoms with Gasteiger partial charge in [-0.3, -0.25) is 0 Å². The van der Waals surface area contributed by atoms with Crippen molar-refractivity contribution in [3.05, 3.63) is 35.9 Å². The minimum absolute atomic E-state index is 0.249. The number of rotatable bonds is 5. The summed E-state index contributed by atoms with van der Waals surface area (Å²) in [5.74, 6) is 0.342. The van der Waals surface area contributed by atoms with Gasteiger partial charge in [-0.1, -0.05) is 30.3 Å². The maximum atomic E-state index is 11.5. The summed E-state index contributed by atoms with van der Waals surface area (Å²) in [4.78, 5) is 11.5. The molecule has 98 valence electrons. The van der Waals surface area contributed by atoms with Crippen molar-refractivity contribution in [2.45, 2.75) is 38.5 Å². The van der Waals surface area contributed by atoms with Gasteiger partial charge in [0.2, 0.25) is 0 Å². The predicted molar refractivity (Wildman–Crippen MR) is 68.0 cm³/mol. The van der Waals surface area contributed by atoms with Crippen molar-refractivity contribution in [3.63, 3.8) is 0 Å². The maximum absolute atomic E-state index is 11.5. The summed E-state index contributed by atoms with van der Waals surface area (Å²) in [7, 11) is 0. The van der Waals surface area contributed by atoms with Crippen LogP contribution in [0.5, 0.6) is 0 Å². The van der Waals surface area contributed by atoms with Crippen molar-refractivity contribution in [2.24, 2.45) is 5.92 Å². The van der Waals surface area contributed by atoms with E-state index in [-0.39, 0.29) is 12.6 Å². The van der Waals surface area contributed by atoms with Gasteiger partial charge in [-0.05, 0) is 31.2 Å². The predicted octanol–water partition coefficient (Wildman–Crippen LogP) is 2.07. The monoisotopic (exact) mass is 249 g/mol. The van der Waals surface area contributed by atoms with Crippen LogP contribution in [0.2, 0.25) is 0 Å². The van der Waals surface area contributed by atoms with E-state index in [0.29, 0.717) is 5.92 Å². The van der Waals surface area contributed by atoms with E-state index in [1.54, 1.807) is 6.92 Å². The molecular formula is C14H19NO3. The van der Waals surface area contributed by atoms with Gasteiger partial charge in [0, 0.05) is 0 Å². The summed E-state index contributed by atoms with van der Waals surface area (Å²) in [5, 5.41) is 12.5. The summed E-state index contributed by atoms with van der Waals surface area (Å²) in [6, 6.07) is 9.25.